The Hall–Kier alpha value is -3.07. The Bertz CT molecular complexity index is 867. The maximum Gasteiger partial charge on any atom is 0.228 e. The topological polar surface area (TPSA) is 41.1 Å². The second kappa shape index (κ2) is 8.34. The number of benzene rings is 3. The van der Waals surface area contributed by atoms with Crippen LogP contribution in [0.1, 0.15) is 22.3 Å². The lowest BCUT2D eigenvalue weighted by molar-refractivity contribution is -0.115. The van der Waals surface area contributed by atoms with Gasteiger partial charge in [0.25, 0.3) is 0 Å². The molecule has 3 aromatic rings. The van der Waals surface area contributed by atoms with Crippen LogP contribution in [0, 0.1) is 13.8 Å². The summed E-state index contributed by atoms with van der Waals surface area (Å²) in [4.78, 5) is 12.2. The Morgan fingerprint density at radius 3 is 2.15 bits per heavy atom. The van der Waals surface area contributed by atoms with Crippen LogP contribution in [0.3, 0.4) is 0 Å². The minimum Gasteiger partial charge on any atom is -0.381 e. The summed E-state index contributed by atoms with van der Waals surface area (Å²) in [5, 5.41) is 6.35. The number of aryl methyl sites for hydroxylation is 2. The number of carbonyl (C=O) groups excluding carboxylic acids is 1. The molecular formula is C23H24N2O. The van der Waals surface area contributed by atoms with E-state index in [0.717, 1.165) is 29.0 Å². The molecule has 1 amide bonds. The summed E-state index contributed by atoms with van der Waals surface area (Å²) in [6.45, 7) is 4.89. The predicted octanol–water partition coefficient (Wildman–Crippen LogP) is 5.10. The normalized spacial score (nSPS) is 10.4. The number of carbonyl (C=O) groups is 1. The van der Waals surface area contributed by atoms with Crippen LogP contribution in [-0.2, 0) is 17.8 Å². The van der Waals surface area contributed by atoms with Crippen LogP contribution in [0.5, 0.6) is 0 Å². The van der Waals surface area contributed by atoms with E-state index in [2.05, 4.69) is 41.8 Å². The molecule has 0 aliphatic rings. The van der Waals surface area contributed by atoms with E-state index in [1.165, 1.54) is 11.1 Å². The summed E-state index contributed by atoms with van der Waals surface area (Å²) in [5.74, 6) is -0.00374. The lowest BCUT2D eigenvalue weighted by Gasteiger charge is -2.09. The van der Waals surface area contributed by atoms with Crippen molar-refractivity contribution in [2.24, 2.45) is 0 Å². The molecule has 2 N–H and O–H groups in total. The zero-order valence-corrected chi connectivity index (χ0v) is 15.3. The molecule has 132 valence electrons. The fourth-order valence-corrected chi connectivity index (χ4v) is 2.76. The molecule has 0 radical (unpaired) electrons. The maximum absolute atomic E-state index is 12.2. The van der Waals surface area contributed by atoms with Crippen molar-refractivity contribution in [1.29, 1.82) is 0 Å². The molecule has 3 heteroatoms. The second-order valence-corrected chi connectivity index (χ2v) is 6.63. The molecule has 3 nitrogen and oxygen atoms in total. The van der Waals surface area contributed by atoms with Gasteiger partial charge in [-0.15, -0.1) is 0 Å². The van der Waals surface area contributed by atoms with Gasteiger partial charge in [0.15, 0.2) is 0 Å². The number of nitrogens with one attached hydrogen (secondary N) is 2. The molecule has 0 aromatic heterocycles. The monoisotopic (exact) mass is 344 g/mol. The molecule has 3 rings (SSSR count). The van der Waals surface area contributed by atoms with Gasteiger partial charge in [-0.2, -0.15) is 0 Å². The van der Waals surface area contributed by atoms with E-state index in [1.807, 2.05) is 55.5 Å². The molecule has 0 aliphatic carbocycles. The van der Waals surface area contributed by atoms with Gasteiger partial charge in [0.2, 0.25) is 5.91 Å². The van der Waals surface area contributed by atoms with Gasteiger partial charge in [-0.3, -0.25) is 4.79 Å². The Morgan fingerprint density at radius 2 is 1.46 bits per heavy atom. The first-order valence-corrected chi connectivity index (χ1v) is 8.83. The zero-order valence-electron chi connectivity index (χ0n) is 15.3. The van der Waals surface area contributed by atoms with Crippen LogP contribution >= 0.6 is 0 Å². The molecule has 0 saturated carbocycles. The molecule has 0 spiro atoms. The molecule has 0 aliphatic heterocycles. The van der Waals surface area contributed by atoms with Crippen molar-refractivity contribution < 1.29 is 4.79 Å². The number of amides is 1. The van der Waals surface area contributed by atoms with Crippen LogP contribution in [0.4, 0.5) is 11.4 Å². The number of rotatable bonds is 6. The Morgan fingerprint density at radius 1 is 0.769 bits per heavy atom. The molecule has 0 heterocycles. The van der Waals surface area contributed by atoms with Gasteiger partial charge in [0.1, 0.15) is 0 Å². The molecular weight excluding hydrogens is 320 g/mol. The molecule has 0 bridgehead atoms. The van der Waals surface area contributed by atoms with Gasteiger partial charge in [-0.25, -0.2) is 0 Å². The fraction of sp³-hybridized carbons (Fsp3) is 0.174. The highest BCUT2D eigenvalue weighted by atomic mass is 16.1. The van der Waals surface area contributed by atoms with Gasteiger partial charge in [-0.1, -0.05) is 54.1 Å². The third kappa shape index (κ3) is 5.21. The minimum atomic E-state index is -0.00374. The van der Waals surface area contributed by atoms with Gasteiger partial charge in [0.05, 0.1) is 6.42 Å². The number of hydrogen-bond donors (Lipinski definition) is 2. The van der Waals surface area contributed by atoms with Crippen LogP contribution < -0.4 is 10.6 Å². The van der Waals surface area contributed by atoms with Gasteiger partial charge >= 0.3 is 0 Å². The zero-order chi connectivity index (χ0) is 18.4. The van der Waals surface area contributed by atoms with E-state index in [4.69, 9.17) is 0 Å². The van der Waals surface area contributed by atoms with E-state index in [1.54, 1.807) is 0 Å². The first-order valence-electron chi connectivity index (χ1n) is 8.83. The molecule has 26 heavy (non-hydrogen) atoms. The first kappa shape index (κ1) is 17.7. The van der Waals surface area contributed by atoms with Crippen LogP contribution in [-0.4, -0.2) is 5.91 Å². The Labute approximate surface area is 155 Å². The number of anilines is 2. The Kier molecular flexibility index (Phi) is 5.69. The van der Waals surface area contributed by atoms with Gasteiger partial charge < -0.3 is 10.6 Å². The molecule has 0 fully saturated rings. The van der Waals surface area contributed by atoms with E-state index in [0.29, 0.717) is 6.42 Å². The van der Waals surface area contributed by atoms with Gasteiger partial charge in [0, 0.05) is 17.9 Å². The minimum absolute atomic E-state index is 0.00374. The summed E-state index contributed by atoms with van der Waals surface area (Å²) >= 11 is 0. The molecule has 3 aromatic carbocycles. The lowest BCUT2D eigenvalue weighted by atomic mass is 10.1. The third-order valence-corrected chi connectivity index (χ3v) is 4.24. The first-order chi connectivity index (χ1) is 12.6. The quantitative estimate of drug-likeness (QED) is 0.653. The standard InChI is InChI=1S/C23H24N2O/c1-17-6-8-20(9-7-17)16-24-21-12-10-19(11-13-21)15-23(26)25-22-5-3-4-18(2)14-22/h3-14,24H,15-16H2,1-2H3,(H,25,26). The van der Waals surface area contributed by atoms with Crippen LogP contribution in [0.25, 0.3) is 0 Å². The third-order valence-electron chi connectivity index (χ3n) is 4.24. The van der Waals surface area contributed by atoms with Crippen molar-refractivity contribution in [3.63, 3.8) is 0 Å². The van der Waals surface area contributed by atoms with Crippen LogP contribution in [0.15, 0.2) is 72.8 Å². The maximum atomic E-state index is 12.2. The predicted molar refractivity (Wildman–Crippen MR) is 108 cm³/mol. The average molecular weight is 344 g/mol. The largest absolute Gasteiger partial charge is 0.381 e. The average Bonchev–Trinajstić information content (AvgIpc) is 2.62. The highest BCUT2D eigenvalue weighted by molar-refractivity contribution is 5.92. The number of hydrogen-bond acceptors (Lipinski definition) is 2. The Balaban J connectivity index is 1.52. The fourth-order valence-electron chi connectivity index (χ4n) is 2.76. The van der Waals surface area contributed by atoms with Crippen molar-refractivity contribution in [1.82, 2.24) is 0 Å². The van der Waals surface area contributed by atoms with Crippen molar-refractivity contribution >= 4 is 17.3 Å². The van der Waals surface area contributed by atoms with Gasteiger partial charge in [-0.05, 0) is 54.8 Å². The SMILES string of the molecule is Cc1ccc(CNc2ccc(CC(=O)Nc3cccc(C)c3)cc2)cc1. The van der Waals surface area contributed by atoms with Crippen molar-refractivity contribution in [3.8, 4) is 0 Å². The lowest BCUT2D eigenvalue weighted by Crippen LogP contribution is -2.14. The summed E-state index contributed by atoms with van der Waals surface area (Å²) < 4.78 is 0. The van der Waals surface area contributed by atoms with E-state index in [9.17, 15) is 4.79 Å². The summed E-state index contributed by atoms with van der Waals surface area (Å²) in [5.41, 5.74) is 6.53. The van der Waals surface area contributed by atoms with Crippen LogP contribution in [0.2, 0.25) is 0 Å². The smallest absolute Gasteiger partial charge is 0.228 e. The summed E-state index contributed by atoms with van der Waals surface area (Å²) in [7, 11) is 0. The molecule has 0 unspecified atom stereocenters. The molecule has 0 saturated heterocycles. The van der Waals surface area contributed by atoms with E-state index in [-0.39, 0.29) is 5.91 Å². The van der Waals surface area contributed by atoms with E-state index < -0.39 is 0 Å². The highest BCUT2D eigenvalue weighted by Crippen LogP contribution is 2.14. The molecule has 0 atom stereocenters. The summed E-state index contributed by atoms with van der Waals surface area (Å²) in [6, 6.07) is 24.3. The van der Waals surface area contributed by atoms with Crippen molar-refractivity contribution in [2.45, 2.75) is 26.8 Å². The van der Waals surface area contributed by atoms with Crippen molar-refractivity contribution in [3.05, 3.63) is 95.1 Å². The van der Waals surface area contributed by atoms with E-state index >= 15 is 0 Å². The second-order valence-electron chi connectivity index (χ2n) is 6.63. The van der Waals surface area contributed by atoms with Crippen molar-refractivity contribution in [2.75, 3.05) is 10.6 Å². The summed E-state index contributed by atoms with van der Waals surface area (Å²) in [6.07, 6.45) is 0.367. The highest BCUT2D eigenvalue weighted by Gasteiger charge is 2.04.